The van der Waals surface area contributed by atoms with Crippen molar-refractivity contribution in [1.82, 2.24) is 14.2 Å². The van der Waals surface area contributed by atoms with Crippen LogP contribution in [0.2, 0.25) is 5.15 Å². The number of anilines is 1. The molecule has 0 unspecified atom stereocenters. The van der Waals surface area contributed by atoms with Gasteiger partial charge in [0.05, 0.1) is 12.2 Å². The first-order valence-corrected chi connectivity index (χ1v) is 10.1. The van der Waals surface area contributed by atoms with E-state index in [2.05, 4.69) is 10.3 Å². The van der Waals surface area contributed by atoms with Crippen molar-refractivity contribution in [3.63, 3.8) is 0 Å². The highest BCUT2D eigenvalue weighted by Crippen LogP contribution is 2.21. The minimum absolute atomic E-state index is 0.0960. The topological polar surface area (TPSA) is 82.6 Å². The summed E-state index contributed by atoms with van der Waals surface area (Å²) in [5.74, 6) is -1.04. The van der Waals surface area contributed by atoms with Crippen LogP contribution >= 0.6 is 11.6 Å². The first-order valence-electron chi connectivity index (χ1n) is 8.25. The summed E-state index contributed by atoms with van der Waals surface area (Å²) in [6.45, 7) is 1.18. The predicted octanol–water partition coefficient (Wildman–Crippen LogP) is 1.82. The van der Waals surface area contributed by atoms with Gasteiger partial charge in [-0.15, -0.1) is 0 Å². The second kappa shape index (κ2) is 8.30. The van der Waals surface area contributed by atoms with Crippen LogP contribution in [-0.2, 0) is 14.8 Å². The molecule has 3 rings (SSSR count). The standard InChI is InChI=1S/C17H18ClFN4O3S/c18-17-14(5-3-7-20-17)21-16(24)12-22-8-10-23(11-9-22)27(25,26)15-6-2-1-4-13(15)19/h1-7H,8-12H2,(H,21,24). The van der Waals surface area contributed by atoms with Crippen molar-refractivity contribution < 1.29 is 17.6 Å². The number of pyridine rings is 1. The molecule has 0 saturated carbocycles. The molecule has 0 aliphatic carbocycles. The van der Waals surface area contributed by atoms with Gasteiger partial charge in [-0.25, -0.2) is 17.8 Å². The van der Waals surface area contributed by atoms with Gasteiger partial charge in [0.1, 0.15) is 10.7 Å². The number of carbonyl (C=O) groups is 1. The van der Waals surface area contributed by atoms with Crippen LogP contribution in [0.25, 0.3) is 0 Å². The number of amides is 1. The fourth-order valence-corrected chi connectivity index (χ4v) is 4.45. The van der Waals surface area contributed by atoms with Gasteiger partial charge in [0.2, 0.25) is 15.9 Å². The highest BCUT2D eigenvalue weighted by Gasteiger charge is 2.30. The average Bonchev–Trinajstić information content (AvgIpc) is 2.64. The number of aromatic nitrogens is 1. The Labute approximate surface area is 161 Å². The van der Waals surface area contributed by atoms with Crippen LogP contribution in [0.4, 0.5) is 10.1 Å². The van der Waals surface area contributed by atoms with Gasteiger partial charge in [-0.2, -0.15) is 4.31 Å². The van der Waals surface area contributed by atoms with Crippen LogP contribution in [0.5, 0.6) is 0 Å². The molecule has 7 nitrogen and oxygen atoms in total. The molecule has 1 aromatic carbocycles. The molecule has 0 radical (unpaired) electrons. The van der Waals surface area contributed by atoms with Gasteiger partial charge in [0.15, 0.2) is 5.15 Å². The Kier molecular flexibility index (Phi) is 6.05. The summed E-state index contributed by atoms with van der Waals surface area (Å²) in [6.07, 6.45) is 1.52. The van der Waals surface area contributed by atoms with E-state index >= 15 is 0 Å². The lowest BCUT2D eigenvalue weighted by Crippen LogP contribution is -2.50. The van der Waals surface area contributed by atoms with Crippen LogP contribution in [0.1, 0.15) is 0 Å². The Balaban J connectivity index is 1.57. The second-order valence-corrected chi connectivity index (χ2v) is 8.26. The molecule has 27 heavy (non-hydrogen) atoms. The zero-order valence-electron chi connectivity index (χ0n) is 14.3. The minimum atomic E-state index is -3.89. The average molecular weight is 413 g/mol. The number of benzene rings is 1. The summed E-state index contributed by atoms with van der Waals surface area (Å²) in [5, 5.41) is 2.88. The quantitative estimate of drug-likeness (QED) is 0.757. The molecule has 0 bridgehead atoms. The van der Waals surface area contributed by atoms with Crippen molar-refractivity contribution >= 4 is 33.2 Å². The Hall–Kier alpha value is -2.07. The predicted molar refractivity (Wildman–Crippen MR) is 99.5 cm³/mol. The summed E-state index contributed by atoms with van der Waals surface area (Å²) in [7, 11) is -3.89. The van der Waals surface area contributed by atoms with Crippen molar-refractivity contribution in [2.24, 2.45) is 0 Å². The Morgan fingerprint density at radius 3 is 2.52 bits per heavy atom. The number of nitrogens with one attached hydrogen (secondary N) is 1. The van der Waals surface area contributed by atoms with Crippen LogP contribution in [-0.4, -0.2) is 61.2 Å². The fourth-order valence-electron chi connectivity index (χ4n) is 2.79. The second-order valence-electron chi connectivity index (χ2n) is 6.00. The number of carbonyl (C=O) groups excluding carboxylic acids is 1. The Morgan fingerprint density at radius 2 is 1.85 bits per heavy atom. The number of halogens is 2. The molecule has 10 heteroatoms. The zero-order chi connectivity index (χ0) is 19.4. The fraction of sp³-hybridized carbons (Fsp3) is 0.294. The Bertz CT molecular complexity index is 933. The lowest BCUT2D eigenvalue weighted by molar-refractivity contribution is -0.117. The van der Waals surface area contributed by atoms with E-state index < -0.39 is 15.8 Å². The van der Waals surface area contributed by atoms with E-state index in [-0.39, 0.29) is 35.6 Å². The molecule has 1 fully saturated rings. The van der Waals surface area contributed by atoms with Crippen LogP contribution in [0.3, 0.4) is 0 Å². The number of hydrogen-bond acceptors (Lipinski definition) is 5. The molecular formula is C17H18ClFN4O3S. The molecule has 144 valence electrons. The Morgan fingerprint density at radius 1 is 1.15 bits per heavy atom. The van der Waals surface area contributed by atoms with E-state index in [0.717, 1.165) is 6.07 Å². The third kappa shape index (κ3) is 4.62. The van der Waals surface area contributed by atoms with Gasteiger partial charge in [0.25, 0.3) is 0 Å². The summed E-state index contributed by atoms with van der Waals surface area (Å²) in [4.78, 5) is 17.5. The first-order chi connectivity index (χ1) is 12.9. The largest absolute Gasteiger partial charge is 0.322 e. The molecule has 1 saturated heterocycles. The van der Waals surface area contributed by atoms with Gasteiger partial charge < -0.3 is 5.32 Å². The van der Waals surface area contributed by atoms with Crippen LogP contribution in [0, 0.1) is 5.82 Å². The molecule has 1 aliphatic heterocycles. The third-order valence-corrected chi connectivity index (χ3v) is 6.42. The highest BCUT2D eigenvalue weighted by molar-refractivity contribution is 7.89. The summed E-state index contributed by atoms with van der Waals surface area (Å²) in [5.41, 5.74) is 0.421. The van der Waals surface area contributed by atoms with Gasteiger partial charge in [-0.05, 0) is 24.3 Å². The molecule has 1 N–H and O–H groups in total. The molecule has 1 aromatic heterocycles. The van der Waals surface area contributed by atoms with Gasteiger partial charge in [-0.3, -0.25) is 9.69 Å². The van der Waals surface area contributed by atoms with E-state index in [0.29, 0.717) is 18.8 Å². The van der Waals surface area contributed by atoms with Gasteiger partial charge >= 0.3 is 0 Å². The van der Waals surface area contributed by atoms with Crippen molar-refractivity contribution in [2.45, 2.75) is 4.90 Å². The lowest BCUT2D eigenvalue weighted by Gasteiger charge is -2.33. The van der Waals surface area contributed by atoms with Gasteiger partial charge in [-0.1, -0.05) is 23.7 Å². The van der Waals surface area contributed by atoms with Gasteiger partial charge in [0, 0.05) is 32.4 Å². The van der Waals surface area contributed by atoms with Crippen molar-refractivity contribution in [1.29, 1.82) is 0 Å². The van der Waals surface area contributed by atoms with Crippen LogP contribution < -0.4 is 5.32 Å². The van der Waals surface area contributed by atoms with E-state index in [1.165, 1.54) is 28.7 Å². The third-order valence-electron chi connectivity index (χ3n) is 4.19. The maximum Gasteiger partial charge on any atom is 0.246 e. The molecule has 1 amide bonds. The molecular weight excluding hydrogens is 395 g/mol. The summed E-state index contributed by atoms with van der Waals surface area (Å²) >= 11 is 5.91. The highest BCUT2D eigenvalue weighted by atomic mass is 35.5. The number of sulfonamides is 1. The monoisotopic (exact) mass is 412 g/mol. The maximum atomic E-state index is 13.8. The van der Waals surface area contributed by atoms with Crippen molar-refractivity contribution in [2.75, 3.05) is 38.0 Å². The maximum absolute atomic E-state index is 13.8. The zero-order valence-corrected chi connectivity index (χ0v) is 15.9. The number of nitrogens with zero attached hydrogens (tertiary/aromatic N) is 3. The van der Waals surface area contributed by atoms with Crippen LogP contribution in [0.15, 0.2) is 47.5 Å². The molecule has 0 atom stereocenters. The summed E-state index contributed by atoms with van der Waals surface area (Å²) in [6, 6.07) is 8.61. The molecule has 2 aromatic rings. The van der Waals surface area contributed by atoms with E-state index in [4.69, 9.17) is 11.6 Å². The SMILES string of the molecule is O=C(CN1CCN(S(=O)(=O)c2ccccc2F)CC1)Nc1cccnc1Cl. The van der Waals surface area contributed by atoms with E-state index in [1.807, 2.05) is 4.90 Å². The molecule has 1 aliphatic rings. The lowest BCUT2D eigenvalue weighted by atomic mass is 10.3. The minimum Gasteiger partial charge on any atom is -0.322 e. The van der Waals surface area contributed by atoms with Crippen molar-refractivity contribution in [3.8, 4) is 0 Å². The number of hydrogen-bond donors (Lipinski definition) is 1. The summed E-state index contributed by atoms with van der Waals surface area (Å²) < 4.78 is 40.2. The normalized spacial score (nSPS) is 16.2. The number of piperazine rings is 1. The molecule has 2 heterocycles. The number of rotatable bonds is 5. The smallest absolute Gasteiger partial charge is 0.246 e. The van der Waals surface area contributed by atoms with E-state index in [9.17, 15) is 17.6 Å². The van der Waals surface area contributed by atoms with E-state index in [1.54, 1.807) is 12.1 Å². The van der Waals surface area contributed by atoms with Crippen molar-refractivity contribution in [3.05, 3.63) is 53.6 Å². The first kappa shape index (κ1) is 19.7. The molecule has 0 spiro atoms.